The van der Waals surface area contributed by atoms with Crippen LogP contribution in [0.25, 0.3) is 0 Å². The Hall–Kier alpha value is -0.610. The molecule has 1 aliphatic heterocycles. The van der Waals surface area contributed by atoms with E-state index >= 15 is 0 Å². The molecular formula is C13H26N2O2. The molecule has 0 spiro atoms. The molecule has 0 bridgehead atoms. The maximum Gasteiger partial charge on any atom is 0.222 e. The fourth-order valence-corrected chi connectivity index (χ4v) is 1.90. The number of carbonyl (C=O) groups excluding carboxylic acids is 1. The summed E-state index contributed by atoms with van der Waals surface area (Å²) >= 11 is 0. The Morgan fingerprint density at radius 1 is 1.41 bits per heavy atom. The molecular weight excluding hydrogens is 216 g/mol. The summed E-state index contributed by atoms with van der Waals surface area (Å²) in [6.45, 7) is 8.36. The molecule has 0 saturated carbocycles. The van der Waals surface area contributed by atoms with E-state index in [-0.39, 0.29) is 23.3 Å². The van der Waals surface area contributed by atoms with Gasteiger partial charge < -0.3 is 15.8 Å². The lowest BCUT2D eigenvalue weighted by Gasteiger charge is -2.38. The molecule has 0 aromatic carbocycles. The quantitative estimate of drug-likeness (QED) is 0.707. The number of rotatable bonds is 7. The second-order valence-electron chi connectivity index (χ2n) is 5.83. The molecule has 4 nitrogen and oxygen atoms in total. The van der Waals surface area contributed by atoms with Gasteiger partial charge in [0.25, 0.3) is 0 Å². The van der Waals surface area contributed by atoms with Gasteiger partial charge in [-0.05, 0) is 19.8 Å². The summed E-state index contributed by atoms with van der Waals surface area (Å²) in [6.07, 6.45) is 2.93. The van der Waals surface area contributed by atoms with Crippen LogP contribution >= 0.6 is 0 Å². The highest BCUT2D eigenvalue weighted by Gasteiger charge is 2.33. The third kappa shape index (κ3) is 5.04. The summed E-state index contributed by atoms with van der Waals surface area (Å²) in [4.78, 5) is 11.8. The average Bonchev–Trinajstić information content (AvgIpc) is 2.22. The van der Waals surface area contributed by atoms with Crippen molar-refractivity contribution < 1.29 is 9.53 Å². The van der Waals surface area contributed by atoms with Crippen molar-refractivity contribution in [2.75, 3.05) is 19.8 Å². The number of hydrogen-bond donors (Lipinski definition) is 2. The van der Waals surface area contributed by atoms with E-state index in [9.17, 15) is 4.79 Å². The molecule has 0 aromatic heterocycles. The molecule has 100 valence electrons. The van der Waals surface area contributed by atoms with Gasteiger partial charge in [-0.2, -0.15) is 0 Å². The molecule has 1 amide bonds. The molecule has 1 aliphatic rings. The van der Waals surface area contributed by atoms with Gasteiger partial charge in [0.05, 0.1) is 13.2 Å². The second-order valence-corrected chi connectivity index (χ2v) is 5.83. The Labute approximate surface area is 104 Å². The molecule has 2 atom stereocenters. The van der Waals surface area contributed by atoms with Crippen LogP contribution in [-0.4, -0.2) is 31.7 Å². The van der Waals surface area contributed by atoms with E-state index < -0.39 is 0 Å². The average molecular weight is 242 g/mol. The lowest BCUT2D eigenvalue weighted by atomic mass is 9.88. The van der Waals surface area contributed by atoms with Gasteiger partial charge in [0.1, 0.15) is 0 Å². The highest BCUT2D eigenvalue weighted by molar-refractivity contribution is 5.78. The van der Waals surface area contributed by atoms with Crippen LogP contribution in [0, 0.1) is 11.3 Å². The van der Waals surface area contributed by atoms with E-state index in [4.69, 9.17) is 10.5 Å². The van der Waals surface area contributed by atoms with E-state index in [1.165, 1.54) is 0 Å². The van der Waals surface area contributed by atoms with Crippen molar-refractivity contribution in [2.45, 2.75) is 46.1 Å². The molecule has 0 aliphatic carbocycles. The molecule has 1 heterocycles. The minimum absolute atomic E-state index is 0.0818. The molecule has 17 heavy (non-hydrogen) atoms. The third-order valence-electron chi connectivity index (χ3n) is 3.33. The third-order valence-corrected chi connectivity index (χ3v) is 3.33. The van der Waals surface area contributed by atoms with Gasteiger partial charge in [0.15, 0.2) is 0 Å². The van der Waals surface area contributed by atoms with E-state index in [0.29, 0.717) is 0 Å². The smallest absolute Gasteiger partial charge is 0.222 e. The molecule has 4 heteroatoms. The Morgan fingerprint density at radius 3 is 2.53 bits per heavy atom. The van der Waals surface area contributed by atoms with Crippen LogP contribution in [0.15, 0.2) is 0 Å². The predicted octanol–water partition coefficient (Wildman–Crippen LogP) is 1.29. The van der Waals surface area contributed by atoms with E-state index in [1.54, 1.807) is 0 Å². The predicted molar refractivity (Wildman–Crippen MR) is 68.6 cm³/mol. The first-order valence-electron chi connectivity index (χ1n) is 6.54. The van der Waals surface area contributed by atoms with Crippen LogP contribution in [0.3, 0.4) is 0 Å². The van der Waals surface area contributed by atoms with Crippen LogP contribution in [-0.2, 0) is 9.53 Å². The number of nitrogens with two attached hydrogens (primary N) is 1. The van der Waals surface area contributed by atoms with Crippen molar-refractivity contribution in [3.63, 3.8) is 0 Å². The Balaban J connectivity index is 2.13. The largest absolute Gasteiger partial charge is 0.380 e. The molecule has 1 rings (SSSR count). The van der Waals surface area contributed by atoms with E-state index in [0.717, 1.165) is 39.0 Å². The fourth-order valence-electron chi connectivity index (χ4n) is 1.90. The lowest BCUT2D eigenvalue weighted by Crippen LogP contribution is -2.49. The topological polar surface area (TPSA) is 64.4 Å². The maximum atomic E-state index is 11.8. The second kappa shape index (κ2) is 6.36. The lowest BCUT2D eigenvalue weighted by molar-refractivity contribution is -0.130. The first-order valence-corrected chi connectivity index (χ1v) is 6.54. The summed E-state index contributed by atoms with van der Waals surface area (Å²) in [5, 5.41) is 3.01. The SMILES string of the molecule is CC(N)CCCC(C)C(=O)NCC1(C)COC1. The molecule has 2 unspecified atom stereocenters. The Morgan fingerprint density at radius 2 is 2.06 bits per heavy atom. The number of hydrogen-bond acceptors (Lipinski definition) is 3. The van der Waals surface area contributed by atoms with Crippen LogP contribution in [0.2, 0.25) is 0 Å². The van der Waals surface area contributed by atoms with Gasteiger partial charge in [0, 0.05) is 23.9 Å². The van der Waals surface area contributed by atoms with Gasteiger partial charge in [-0.25, -0.2) is 0 Å². The first kappa shape index (κ1) is 14.5. The summed E-state index contributed by atoms with van der Waals surface area (Å²) in [7, 11) is 0. The minimum atomic E-state index is 0.0818. The zero-order valence-electron chi connectivity index (χ0n) is 11.3. The van der Waals surface area contributed by atoms with Crippen molar-refractivity contribution in [1.29, 1.82) is 0 Å². The number of carbonyl (C=O) groups is 1. The van der Waals surface area contributed by atoms with Crippen LogP contribution in [0.5, 0.6) is 0 Å². The van der Waals surface area contributed by atoms with Crippen molar-refractivity contribution >= 4 is 5.91 Å². The van der Waals surface area contributed by atoms with Gasteiger partial charge in [-0.15, -0.1) is 0 Å². The van der Waals surface area contributed by atoms with E-state index in [1.807, 2.05) is 13.8 Å². The molecule has 0 aromatic rings. The minimum Gasteiger partial charge on any atom is -0.380 e. The maximum absolute atomic E-state index is 11.8. The van der Waals surface area contributed by atoms with Crippen LogP contribution in [0.4, 0.5) is 0 Å². The Bertz CT molecular complexity index is 250. The summed E-state index contributed by atoms with van der Waals surface area (Å²) in [5.41, 5.74) is 5.84. The normalized spacial score (nSPS) is 21.4. The number of amides is 1. The van der Waals surface area contributed by atoms with E-state index in [2.05, 4.69) is 12.2 Å². The number of ether oxygens (including phenoxy) is 1. The highest BCUT2D eigenvalue weighted by atomic mass is 16.5. The zero-order valence-corrected chi connectivity index (χ0v) is 11.3. The standard InChI is InChI=1S/C13H26N2O2/c1-10(5-4-6-11(2)14)12(16)15-7-13(3)8-17-9-13/h10-11H,4-9,14H2,1-3H3,(H,15,16). The molecule has 1 fully saturated rings. The zero-order chi connectivity index (χ0) is 12.9. The van der Waals surface area contributed by atoms with Gasteiger partial charge in [0.2, 0.25) is 5.91 Å². The fraction of sp³-hybridized carbons (Fsp3) is 0.923. The van der Waals surface area contributed by atoms with Crippen molar-refractivity contribution in [1.82, 2.24) is 5.32 Å². The highest BCUT2D eigenvalue weighted by Crippen LogP contribution is 2.25. The Kier molecular flexibility index (Phi) is 5.40. The van der Waals surface area contributed by atoms with Crippen LogP contribution in [0.1, 0.15) is 40.0 Å². The molecule has 3 N–H and O–H groups in total. The van der Waals surface area contributed by atoms with Crippen molar-refractivity contribution in [3.05, 3.63) is 0 Å². The molecule has 1 saturated heterocycles. The van der Waals surface area contributed by atoms with Crippen LogP contribution < -0.4 is 11.1 Å². The van der Waals surface area contributed by atoms with Gasteiger partial charge in [-0.1, -0.05) is 20.3 Å². The number of nitrogens with one attached hydrogen (secondary N) is 1. The summed E-state index contributed by atoms with van der Waals surface area (Å²) in [5.74, 6) is 0.237. The first-order chi connectivity index (χ1) is 7.93. The van der Waals surface area contributed by atoms with Gasteiger partial charge in [-0.3, -0.25) is 4.79 Å². The van der Waals surface area contributed by atoms with Crippen molar-refractivity contribution in [3.8, 4) is 0 Å². The summed E-state index contributed by atoms with van der Waals surface area (Å²) in [6, 6.07) is 0.233. The summed E-state index contributed by atoms with van der Waals surface area (Å²) < 4.78 is 5.16. The van der Waals surface area contributed by atoms with Gasteiger partial charge >= 0.3 is 0 Å². The van der Waals surface area contributed by atoms with Crippen molar-refractivity contribution in [2.24, 2.45) is 17.1 Å². The monoisotopic (exact) mass is 242 g/mol. The molecule has 0 radical (unpaired) electrons.